The van der Waals surface area contributed by atoms with Gasteiger partial charge in [-0.25, -0.2) is 13.1 Å². The number of benzene rings is 1. The molecular weight excluding hydrogens is 326 g/mol. The lowest BCUT2D eigenvalue weighted by molar-refractivity contribution is 0.588. The SMILES string of the molecule is Cn1ncc(NCCCl)c(S(=O)(=O)Cc2ccccc2)c1=O. The summed E-state index contributed by atoms with van der Waals surface area (Å²) in [5.74, 6) is 0.0377. The van der Waals surface area contributed by atoms with Gasteiger partial charge in [0.15, 0.2) is 14.7 Å². The molecule has 8 heteroatoms. The molecule has 6 nitrogen and oxygen atoms in total. The number of aromatic nitrogens is 2. The van der Waals surface area contributed by atoms with Crippen molar-refractivity contribution >= 4 is 27.1 Å². The van der Waals surface area contributed by atoms with Crippen molar-refractivity contribution in [3.8, 4) is 0 Å². The van der Waals surface area contributed by atoms with Gasteiger partial charge in [-0.05, 0) is 5.56 Å². The lowest BCUT2D eigenvalue weighted by Crippen LogP contribution is -2.28. The van der Waals surface area contributed by atoms with Gasteiger partial charge in [-0.2, -0.15) is 5.10 Å². The molecule has 0 radical (unpaired) electrons. The first kappa shape index (κ1) is 16.5. The van der Waals surface area contributed by atoms with E-state index in [1.54, 1.807) is 30.3 Å². The number of nitrogens with zero attached hydrogens (tertiary/aromatic N) is 2. The number of aryl methyl sites for hydroxylation is 1. The number of sulfone groups is 1. The smallest absolute Gasteiger partial charge is 0.287 e. The van der Waals surface area contributed by atoms with Gasteiger partial charge in [-0.1, -0.05) is 30.3 Å². The zero-order chi connectivity index (χ0) is 16.2. The van der Waals surface area contributed by atoms with E-state index < -0.39 is 15.4 Å². The third kappa shape index (κ3) is 3.66. The van der Waals surface area contributed by atoms with Crippen LogP contribution in [0.4, 0.5) is 5.69 Å². The number of alkyl halides is 1. The van der Waals surface area contributed by atoms with Crippen molar-refractivity contribution in [1.82, 2.24) is 9.78 Å². The molecule has 0 aliphatic rings. The quantitative estimate of drug-likeness (QED) is 0.803. The van der Waals surface area contributed by atoms with Crippen LogP contribution >= 0.6 is 11.6 Å². The molecule has 0 bridgehead atoms. The second-order valence-electron chi connectivity index (χ2n) is 4.68. The molecule has 1 aromatic carbocycles. The number of halogens is 1. The molecule has 0 spiro atoms. The van der Waals surface area contributed by atoms with Gasteiger partial charge >= 0.3 is 0 Å². The fraction of sp³-hybridized carbons (Fsp3) is 0.286. The van der Waals surface area contributed by atoms with Crippen molar-refractivity contribution in [2.45, 2.75) is 10.6 Å². The van der Waals surface area contributed by atoms with Crippen molar-refractivity contribution in [3.63, 3.8) is 0 Å². The minimum atomic E-state index is -3.81. The Bertz CT molecular complexity index is 804. The van der Waals surface area contributed by atoms with Crippen molar-refractivity contribution in [2.24, 2.45) is 7.05 Å². The topological polar surface area (TPSA) is 81.1 Å². The minimum Gasteiger partial charge on any atom is -0.381 e. The molecule has 2 rings (SSSR count). The van der Waals surface area contributed by atoms with Gasteiger partial charge in [0.05, 0.1) is 17.6 Å². The summed E-state index contributed by atoms with van der Waals surface area (Å²) in [6, 6.07) is 8.71. The summed E-state index contributed by atoms with van der Waals surface area (Å²) in [6.07, 6.45) is 1.33. The Balaban J connectivity index is 2.49. The second-order valence-corrected chi connectivity index (χ2v) is 6.98. The first-order chi connectivity index (χ1) is 10.5. The fourth-order valence-corrected chi connectivity index (χ4v) is 3.72. The highest BCUT2D eigenvalue weighted by atomic mass is 35.5. The van der Waals surface area contributed by atoms with Crippen molar-refractivity contribution in [1.29, 1.82) is 0 Å². The molecule has 1 N–H and O–H groups in total. The number of hydrogen-bond donors (Lipinski definition) is 1. The third-order valence-corrected chi connectivity index (χ3v) is 4.93. The molecule has 1 aromatic heterocycles. The highest BCUT2D eigenvalue weighted by molar-refractivity contribution is 7.90. The normalized spacial score (nSPS) is 11.4. The summed E-state index contributed by atoms with van der Waals surface area (Å²) in [5, 5.41) is 6.68. The fourth-order valence-electron chi connectivity index (χ4n) is 1.99. The lowest BCUT2D eigenvalue weighted by Gasteiger charge is -2.12. The second kappa shape index (κ2) is 6.93. The van der Waals surface area contributed by atoms with Gasteiger partial charge in [0.2, 0.25) is 0 Å². The molecule has 0 saturated carbocycles. The molecule has 2 aromatic rings. The van der Waals surface area contributed by atoms with Gasteiger partial charge < -0.3 is 5.32 Å². The molecule has 118 valence electrons. The number of anilines is 1. The summed E-state index contributed by atoms with van der Waals surface area (Å²) in [7, 11) is -2.39. The van der Waals surface area contributed by atoms with E-state index >= 15 is 0 Å². The van der Waals surface area contributed by atoms with Crippen LogP contribution < -0.4 is 10.9 Å². The van der Waals surface area contributed by atoms with Gasteiger partial charge in [-0.15, -0.1) is 11.6 Å². The van der Waals surface area contributed by atoms with E-state index in [1.165, 1.54) is 13.2 Å². The predicted octanol–water partition coefficient (Wildman–Crippen LogP) is 1.40. The van der Waals surface area contributed by atoms with Crippen molar-refractivity contribution < 1.29 is 8.42 Å². The Labute approximate surface area is 133 Å². The average Bonchev–Trinajstić information content (AvgIpc) is 2.48. The minimum absolute atomic E-state index is 0.180. The van der Waals surface area contributed by atoms with Gasteiger partial charge in [0.1, 0.15) is 0 Å². The Hall–Kier alpha value is -1.86. The van der Waals surface area contributed by atoms with Crippen LogP contribution in [0.25, 0.3) is 0 Å². The molecule has 0 atom stereocenters. The maximum Gasteiger partial charge on any atom is 0.287 e. The summed E-state index contributed by atoms with van der Waals surface area (Å²) in [6.45, 7) is 0.338. The summed E-state index contributed by atoms with van der Waals surface area (Å²) >= 11 is 5.60. The zero-order valence-electron chi connectivity index (χ0n) is 12.0. The van der Waals surface area contributed by atoms with E-state index in [4.69, 9.17) is 11.6 Å². The zero-order valence-corrected chi connectivity index (χ0v) is 13.6. The molecular formula is C14H16ClN3O3S. The molecule has 0 aliphatic carbocycles. The predicted molar refractivity (Wildman–Crippen MR) is 86.0 cm³/mol. The molecule has 1 heterocycles. The highest BCUT2D eigenvalue weighted by Crippen LogP contribution is 2.20. The van der Waals surface area contributed by atoms with Gasteiger partial charge in [0.25, 0.3) is 5.56 Å². The van der Waals surface area contributed by atoms with Crippen LogP contribution in [0.2, 0.25) is 0 Å². The Kier molecular flexibility index (Phi) is 5.20. The summed E-state index contributed by atoms with van der Waals surface area (Å²) in [4.78, 5) is 12.0. The van der Waals surface area contributed by atoms with Crippen LogP contribution in [-0.4, -0.2) is 30.6 Å². The molecule has 0 unspecified atom stereocenters. The summed E-state index contributed by atoms with van der Waals surface area (Å²) < 4.78 is 26.3. The first-order valence-electron chi connectivity index (χ1n) is 6.58. The Morgan fingerprint density at radius 2 is 1.95 bits per heavy atom. The largest absolute Gasteiger partial charge is 0.381 e. The van der Waals surface area contributed by atoms with E-state index in [1.807, 2.05) is 0 Å². The van der Waals surface area contributed by atoms with Crippen molar-refractivity contribution in [2.75, 3.05) is 17.7 Å². The van der Waals surface area contributed by atoms with Crippen LogP contribution in [-0.2, 0) is 22.6 Å². The third-order valence-electron chi connectivity index (χ3n) is 3.01. The molecule has 22 heavy (non-hydrogen) atoms. The highest BCUT2D eigenvalue weighted by Gasteiger charge is 2.24. The van der Waals surface area contributed by atoms with Crippen molar-refractivity contribution in [3.05, 3.63) is 52.4 Å². The number of hydrogen-bond acceptors (Lipinski definition) is 5. The van der Waals surface area contributed by atoms with E-state index in [-0.39, 0.29) is 22.2 Å². The standard InChI is InChI=1S/C14H16ClN3O3S/c1-18-14(19)13(12(9-17-18)16-8-7-15)22(20,21)10-11-5-3-2-4-6-11/h2-6,9,16H,7-8,10H2,1H3. The maximum atomic E-state index is 12.6. The average molecular weight is 342 g/mol. The van der Waals surface area contributed by atoms with Gasteiger partial charge in [-0.3, -0.25) is 4.79 Å². The summed E-state index contributed by atoms with van der Waals surface area (Å²) in [5.41, 5.74) is 0.139. The van der Waals surface area contributed by atoms with Crippen LogP contribution in [0.1, 0.15) is 5.56 Å². The van der Waals surface area contributed by atoms with Crippen LogP contribution in [0.3, 0.4) is 0 Å². The Morgan fingerprint density at radius 1 is 1.27 bits per heavy atom. The molecule has 0 saturated heterocycles. The molecule has 0 aliphatic heterocycles. The Morgan fingerprint density at radius 3 is 2.59 bits per heavy atom. The van der Waals surface area contributed by atoms with E-state index in [9.17, 15) is 13.2 Å². The number of nitrogens with one attached hydrogen (secondary N) is 1. The van der Waals surface area contributed by atoms with Crippen LogP contribution in [0, 0.1) is 0 Å². The maximum absolute atomic E-state index is 12.6. The molecule has 0 fully saturated rings. The van der Waals surface area contributed by atoms with E-state index in [0.29, 0.717) is 12.1 Å². The molecule has 0 amide bonds. The number of rotatable bonds is 6. The van der Waals surface area contributed by atoms with E-state index in [2.05, 4.69) is 10.4 Å². The first-order valence-corrected chi connectivity index (χ1v) is 8.77. The van der Waals surface area contributed by atoms with Crippen LogP contribution in [0.5, 0.6) is 0 Å². The van der Waals surface area contributed by atoms with Crippen LogP contribution in [0.15, 0.2) is 46.2 Å². The lowest BCUT2D eigenvalue weighted by atomic mass is 10.2. The van der Waals surface area contributed by atoms with E-state index in [0.717, 1.165) is 4.68 Å². The monoisotopic (exact) mass is 341 g/mol. The van der Waals surface area contributed by atoms with Gasteiger partial charge in [0, 0.05) is 19.5 Å².